The lowest BCUT2D eigenvalue weighted by Crippen LogP contribution is -2.56. The van der Waals surface area contributed by atoms with Gasteiger partial charge >= 0.3 is 0 Å². The fraction of sp³-hybridized carbons (Fsp3) is 0.269. The summed E-state index contributed by atoms with van der Waals surface area (Å²) < 4.78 is 14.2. The molecule has 6 heterocycles. The van der Waals surface area contributed by atoms with E-state index in [1.165, 1.54) is 0 Å². The lowest BCUT2D eigenvalue weighted by Gasteiger charge is -2.41. The molecule has 1 saturated heterocycles. The van der Waals surface area contributed by atoms with Crippen molar-refractivity contribution in [1.29, 1.82) is 0 Å². The van der Waals surface area contributed by atoms with Gasteiger partial charge in [0.05, 0.1) is 46.7 Å². The Bertz CT molecular complexity index is 1650. The maximum absolute atomic E-state index is 6.23. The molecule has 186 valence electrons. The summed E-state index contributed by atoms with van der Waals surface area (Å²) in [6, 6.07) is 8.01. The van der Waals surface area contributed by atoms with Gasteiger partial charge in [-0.3, -0.25) is 0 Å². The Morgan fingerprint density at radius 2 is 2.03 bits per heavy atom. The first-order valence-corrected chi connectivity index (χ1v) is 12.2. The number of hydrogen-bond acceptors (Lipinski definition) is 10. The van der Waals surface area contributed by atoms with Crippen LogP contribution in [0.1, 0.15) is 5.56 Å². The van der Waals surface area contributed by atoms with E-state index in [2.05, 4.69) is 35.5 Å². The molecule has 0 spiro atoms. The van der Waals surface area contributed by atoms with Crippen LogP contribution in [0.15, 0.2) is 49.3 Å². The number of ether oxygens (including phenoxy) is 2. The summed E-state index contributed by atoms with van der Waals surface area (Å²) in [6.45, 7) is 5.29. The molecule has 5 aromatic rings. The van der Waals surface area contributed by atoms with Gasteiger partial charge in [-0.2, -0.15) is 0 Å². The van der Waals surface area contributed by atoms with E-state index < -0.39 is 0 Å². The monoisotopic (exact) mass is 495 g/mol. The first-order chi connectivity index (χ1) is 18.1. The molecule has 2 N–H and O–H groups in total. The third-order valence-electron chi connectivity index (χ3n) is 6.90. The number of nitrogens with one attached hydrogen (secondary N) is 2. The highest BCUT2D eigenvalue weighted by Crippen LogP contribution is 2.41. The molecule has 11 heteroatoms. The van der Waals surface area contributed by atoms with Gasteiger partial charge in [0, 0.05) is 38.4 Å². The van der Waals surface area contributed by atoms with Crippen molar-refractivity contribution < 1.29 is 9.47 Å². The van der Waals surface area contributed by atoms with E-state index in [9.17, 15) is 0 Å². The number of fused-ring (bicyclic) bond motifs is 6. The molecule has 2 aliphatic rings. The molecule has 1 atom stereocenters. The second-order valence-corrected chi connectivity index (χ2v) is 9.33. The highest BCUT2D eigenvalue weighted by Gasteiger charge is 2.33. The van der Waals surface area contributed by atoms with Crippen molar-refractivity contribution in [3.8, 4) is 17.4 Å². The van der Waals surface area contributed by atoms with E-state index in [-0.39, 0.29) is 6.04 Å². The highest BCUT2D eigenvalue weighted by molar-refractivity contribution is 5.98. The average Bonchev–Trinajstić information content (AvgIpc) is 3.29. The Labute approximate surface area is 212 Å². The summed E-state index contributed by atoms with van der Waals surface area (Å²) in [5.41, 5.74) is 4.35. The standard InChI is InChI=1S/C26H25N9O2/c1-15-7-16(3-4-21(15)37-22-8-18-20(11-28-22)34(2)14-32-18)33-25-23-19(30-13-31-25)10-29-26-24(23)36-12-17-9-27-5-6-35(17)26/h3-4,7-8,10-11,13-14,17,27H,5-6,9,12H2,1-2H3,(H,30,31,33)/t17-/m1/s1. The minimum atomic E-state index is 0.273. The smallest absolute Gasteiger partial charge is 0.221 e. The fourth-order valence-electron chi connectivity index (χ4n) is 4.97. The molecule has 4 aromatic heterocycles. The number of benzene rings is 1. The van der Waals surface area contributed by atoms with Crippen molar-refractivity contribution in [3.63, 3.8) is 0 Å². The van der Waals surface area contributed by atoms with E-state index in [1.807, 2.05) is 42.8 Å². The van der Waals surface area contributed by atoms with Gasteiger partial charge in [0.15, 0.2) is 11.6 Å². The Morgan fingerprint density at radius 3 is 2.95 bits per heavy atom. The molecule has 0 radical (unpaired) electrons. The summed E-state index contributed by atoms with van der Waals surface area (Å²) in [5, 5.41) is 7.71. The quantitative estimate of drug-likeness (QED) is 0.385. The maximum Gasteiger partial charge on any atom is 0.221 e. The van der Waals surface area contributed by atoms with Crippen LogP contribution in [0.4, 0.5) is 17.3 Å². The van der Waals surface area contributed by atoms with Gasteiger partial charge in [0.1, 0.15) is 24.5 Å². The summed E-state index contributed by atoms with van der Waals surface area (Å²) in [4.78, 5) is 24.8. The van der Waals surface area contributed by atoms with E-state index in [4.69, 9.17) is 14.5 Å². The van der Waals surface area contributed by atoms with Crippen LogP contribution in [0.3, 0.4) is 0 Å². The van der Waals surface area contributed by atoms with Crippen molar-refractivity contribution >= 4 is 39.3 Å². The SMILES string of the molecule is Cc1cc(Nc2ncnc3cnc4c(c23)OC[C@H]2CNCCN42)ccc1Oc1cc2ncn(C)c2cn1. The third-order valence-corrected chi connectivity index (χ3v) is 6.90. The van der Waals surface area contributed by atoms with Crippen LogP contribution in [-0.4, -0.2) is 61.8 Å². The molecular weight excluding hydrogens is 470 g/mol. The van der Waals surface area contributed by atoms with Crippen molar-refractivity contribution in [2.24, 2.45) is 7.05 Å². The molecule has 1 aromatic carbocycles. The van der Waals surface area contributed by atoms with Crippen LogP contribution in [-0.2, 0) is 7.05 Å². The molecule has 0 unspecified atom stereocenters. The predicted molar refractivity (Wildman–Crippen MR) is 140 cm³/mol. The van der Waals surface area contributed by atoms with E-state index in [1.54, 1.807) is 25.0 Å². The Morgan fingerprint density at radius 1 is 1.08 bits per heavy atom. The van der Waals surface area contributed by atoms with Crippen molar-refractivity contribution in [2.75, 3.05) is 36.5 Å². The number of piperazine rings is 1. The molecule has 1 fully saturated rings. The minimum absolute atomic E-state index is 0.273. The minimum Gasteiger partial charge on any atom is -0.487 e. The van der Waals surface area contributed by atoms with Crippen LogP contribution in [0, 0.1) is 6.92 Å². The summed E-state index contributed by atoms with van der Waals surface area (Å²) in [7, 11) is 1.94. The van der Waals surface area contributed by atoms with Crippen molar-refractivity contribution in [1.82, 2.24) is 34.8 Å². The summed E-state index contributed by atoms with van der Waals surface area (Å²) >= 11 is 0. The van der Waals surface area contributed by atoms with E-state index >= 15 is 0 Å². The summed E-state index contributed by atoms with van der Waals surface area (Å²) in [5.74, 6) is 3.47. The zero-order valence-electron chi connectivity index (χ0n) is 20.5. The maximum atomic E-state index is 6.23. The lowest BCUT2D eigenvalue weighted by atomic mass is 10.1. The molecule has 0 saturated carbocycles. The van der Waals surface area contributed by atoms with Gasteiger partial charge < -0.3 is 29.6 Å². The summed E-state index contributed by atoms with van der Waals surface area (Å²) in [6.07, 6.45) is 6.86. The molecular formula is C26H25N9O2. The van der Waals surface area contributed by atoms with Crippen LogP contribution < -0.4 is 25.0 Å². The largest absolute Gasteiger partial charge is 0.487 e. The Balaban J connectivity index is 1.19. The topological polar surface area (TPSA) is 115 Å². The second-order valence-electron chi connectivity index (χ2n) is 9.33. The van der Waals surface area contributed by atoms with Gasteiger partial charge in [0.25, 0.3) is 0 Å². The zero-order valence-corrected chi connectivity index (χ0v) is 20.5. The number of pyridine rings is 2. The van der Waals surface area contributed by atoms with Crippen LogP contribution in [0.2, 0.25) is 0 Å². The molecule has 2 aliphatic heterocycles. The molecule has 11 nitrogen and oxygen atoms in total. The number of rotatable bonds is 4. The van der Waals surface area contributed by atoms with Gasteiger partial charge in [-0.05, 0) is 30.7 Å². The first kappa shape index (κ1) is 21.7. The average molecular weight is 496 g/mol. The van der Waals surface area contributed by atoms with Gasteiger partial charge in [-0.1, -0.05) is 0 Å². The zero-order chi connectivity index (χ0) is 24.9. The molecule has 0 aliphatic carbocycles. The van der Waals surface area contributed by atoms with Gasteiger partial charge in [-0.25, -0.2) is 24.9 Å². The highest BCUT2D eigenvalue weighted by atomic mass is 16.5. The fourth-order valence-corrected chi connectivity index (χ4v) is 4.97. The van der Waals surface area contributed by atoms with E-state index in [0.717, 1.165) is 70.1 Å². The number of hydrogen-bond donors (Lipinski definition) is 2. The third kappa shape index (κ3) is 3.75. The Kier molecular flexibility index (Phi) is 5.03. The number of anilines is 3. The van der Waals surface area contributed by atoms with Crippen molar-refractivity contribution in [3.05, 3.63) is 54.9 Å². The predicted octanol–water partition coefficient (Wildman–Crippen LogP) is 3.32. The van der Waals surface area contributed by atoms with Crippen LogP contribution in [0.25, 0.3) is 21.9 Å². The van der Waals surface area contributed by atoms with Gasteiger partial charge in [-0.15, -0.1) is 0 Å². The molecule has 0 amide bonds. The molecule has 7 rings (SSSR count). The Hall–Kier alpha value is -4.51. The van der Waals surface area contributed by atoms with Crippen LogP contribution in [0.5, 0.6) is 17.4 Å². The first-order valence-electron chi connectivity index (χ1n) is 12.2. The number of aromatic nitrogens is 6. The van der Waals surface area contributed by atoms with Crippen LogP contribution >= 0.6 is 0 Å². The van der Waals surface area contributed by atoms with Crippen molar-refractivity contribution in [2.45, 2.75) is 13.0 Å². The second kappa shape index (κ2) is 8.56. The number of aryl methyl sites for hydroxylation is 2. The lowest BCUT2D eigenvalue weighted by molar-refractivity contribution is 0.247. The van der Waals surface area contributed by atoms with E-state index in [0.29, 0.717) is 18.3 Å². The normalized spacial score (nSPS) is 16.8. The molecule has 0 bridgehead atoms. The number of imidazole rings is 1. The van der Waals surface area contributed by atoms with Gasteiger partial charge in [0.2, 0.25) is 5.88 Å². The molecule has 37 heavy (non-hydrogen) atoms. The number of nitrogens with zero attached hydrogens (tertiary/aromatic N) is 7.